The van der Waals surface area contributed by atoms with Gasteiger partial charge >= 0.3 is 5.97 Å². The third-order valence-electron chi connectivity index (χ3n) is 2.55. The lowest BCUT2D eigenvalue weighted by Crippen LogP contribution is -1.99. The van der Waals surface area contributed by atoms with E-state index in [1.165, 1.54) is 0 Å². The minimum Gasteiger partial charge on any atom is -0.478 e. The van der Waals surface area contributed by atoms with Crippen molar-refractivity contribution in [2.75, 3.05) is 0 Å². The van der Waals surface area contributed by atoms with Crippen LogP contribution in [0.4, 0.5) is 0 Å². The molecule has 0 amide bonds. The van der Waals surface area contributed by atoms with E-state index in [1.54, 1.807) is 18.2 Å². The molecule has 2 rings (SSSR count). The van der Waals surface area contributed by atoms with Crippen molar-refractivity contribution in [2.45, 2.75) is 13.8 Å². The van der Waals surface area contributed by atoms with Crippen molar-refractivity contribution in [2.24, 2.45) is 0 Å². The van der Waals surface area contributed by atoms with E-state index >= 15 is 0 Å². The molecule has 0 unspecified atom stereocenters. The zero-order valence-electron chi connectivity index (χ0n) is 9.93. The van der Waals surface area contributed by atoms with Gasteiger partial charge in [0.2, 0.25) is 0 Å². The first kappa shape index (κ1) is 16.5. The minimum atomic E-state index is -0.921. The lowest BCUT2D eigenvalue weighted by molar-refractivity contribution is 0.0698. The van der Waals surface area contributed by atoms with E-state index in [0.717, 1.165) is 17.0 Å². The van der Waals surface area contributed by atoms with Gasteiger partial charge in [-0.1, -0.05) is 18.2 Å². The van der Waals surface area contributed by atoms with Crippen LogP contribution in [0, 0.1) is 13.8 Å². The fraction of sp³-hybridized carbons (Fsp3) is 0.167. The van der Waals surface area contributed by atoms with Crippen molar-refractivity contribution < 1.29 is 9.90 Å². The number of hydrogen-bond donors (Lipinski definition) is 2. The quantitative estimate of drug-likeness (QED) is 0.892. The molecule has 18 heavy (non-hydrogen) atoms. The Morgan fingerprint density at radius 2 is 1.83 bits per heavy atom. The van der Waals surface area contributed by atoms with Gasteiger partial charge in [-0.25, -0.2) is 4.79 Å². The van der Waals surface area contributed by atoms with Crippen LogP contribution in [0.3, 0.4) is 0 Å². The molecule has 98 valence electrons. The van der Waals surface area contributed by atoms with E-state index in [0.29, 0.717) is 11.1 Å². The van der Waals surface area contributed by atoms with Gasteiger partial charge in [0.05, 0.1) is 11.3 Å². The smallest absolute Gasteiger partial charge is 0.336 e. The Labute approximate surface area is 117 Å². The number of carboxylic acids is 1. The van der Waals surface area contributed by atoms with Gasteiger partial charge in [-0.2, -0.15) is 5.10 Å². The molecule has 0 aliphatic rings. The molecule has 2 N–H and O–H groups in total. The van der Waals surface area contributed by atoms with Gasteiger partial charge in [-0.05, 0) is 25.5 Å². The predicted octanol–water partition coefficient (Wildman–Crippen LogP) is 3.24. The summed E-state index contributed by atoms with van der Waals surface area (Å²) in [4.78, 5) is 11.1. The van der Waals surface area contributed by atoms with Gasteiger partial charge in [0, 0.05) is 11.3 Å². The molecular formula is C12H14Cl2N2O2. The second kappa shape index (κ2) is 6.42. The standard InChI is InChI=1S/C12H12N2O2.2ClH/c1-7-11(8(2)14-13-7)9-5-3-4-6-10(9)12(15)16;;/h3-6H,1-2H3,(H,13,14)(H,15,16);2*1H. The topological polar surface area (TPSA) is 66.0 Å². The molecule has 4 nitrogen and oxygen atoms in total. The molecule has 0 aliphatic carbocycles. The van der Waals surface area contributed by atoms with Gasteiger partial charge in [-0.15, -0.1) is 24.8 Å². The first-order valence-corrected chi connectivity index (χ1v) is 4.95. The van der Waals surface area contributed by atoms with Crippen molar-refractivity contribution in [3.8, 4) is 11.1 Å². The van der Waals surface area contributed by atoms with Crippen molar-refractivity contribution in [3.05, 3.63) is 41.2 Å². The van der Waals surface area contributed by atoms with Crippen LogP contribution in [0.25, 0.3) is 11.1 Å². The van der Waals surface area contributed by atoms with E-state index in [9.17, 15) is 4.79 Å². The van der Waals surface area contributed by atoms with Crippen molar-refractivity contribution in [1.29, 1.82) is 0 Å². The molecule has 1 heterocycles. The molecule has 6 heteroatoms. The fourth-order valence-electron chi connectivity index (χ4n) is 1.84. The number of hydrogen-bond acceptors (Lipinski definition) is 2. The molecule has 0 atom stereocenters. The number of nitrogens with one attached hydrogen (secondary N) is 1. The lowest BCUT2D eigenvalue weighted by Gasteiger charge is -2.05. The number of carbonyl (C=O) groups is 1. The average Bonchev–Trinajstić information content (AvgIpc) is 2.58. The molecule has 0 radical (unpaired) electrons. The van der Waals surface area contributed by atoms with Crippen molar-refractivity contribution in [1.82, 2.24) is 10.2 Å². The fourth-order valence-corrected chi connectivity index (χ4v) is 1.84. The minimum absolute atomic E-state index is 0. The monoisotopic (exact) mass is 288 g/mol. The maximum absolute atomic E-state index is 11.1. The third-order valence-corrected chi connectivity index (χ3v) is 2.55. The second-order valence-electron chi connectivity index (χ2n) is 3.66. The first-order chi connectivity index (χ1) is 7.61. The molecule has 0 aliphatic heterocycles. The summed E-state index contributed by atoms with van der Waals surface area (Å²) in [6.07, 6.45) is 0. The molecule has 0 saturated heterocycles. The van der Waals surface area contributed by atoms with Crippen LogP contribution >= 0.6 is 24.8 Å². The van der Waals surface area contributed by atoms with Crippen LogP contribution in [-0.2, 0) is 0 Å². The highest BCUT2D eigenvalue weighted by Crippen LogP contribution is 2.28. The van der Waals surface area contributed by atoms with Crippen LogP contribution in [0.5, 0.6) is 0 Å². The summed E-state index contributed by atoms with van der Waals surface area (Å²) >= 11 is 0. The Balaban J connectivity index is 0.00000144. The van der Waals surface area contributed by atoms with E-state index in [-0.39, 0.29) is 24.8 Å². The molecule has 1 aromatic carbocycles. The summed E-state index contributed by atoms with van der Waals surface area (Å²) in [5.74, 6) is -0.921. The van der Waals surface area contributed by atoms with Crippen LogP contribution in [0.15, 0.2) is 24.3 Å². The SMILES string of the molecule is Cc1n[nH]c(C)c1-c1ccccc1C(=O)O.Cl.Cl. The van der Waals surface area contributed by atoms with Crippen LogP contribution in [-0.4, -0.2) is 21.3 Å². The predicted molar refractivity (Wildman–Crippen MR) is 75.0 cm³/mol. The zero-order valence-corrected chi connectivity index (χ0v) is 11.6. The Hall–Kier alpha value is -1.52. The Kier molecular flexibility index (Phi) is 5.88. The first-order valence-electron chi connectivity index (χ1n) is 4.95. The molecule has 2 aromatic rings. The van der Waals surface area contributed by atoms with Crippen molar-refractivity contribution in [3.63, 3.8) is 0 Å². The average molecular weight is 289 g/mol. The summed E-state index contributed by atoms with van der Waals surface area (Å²) < 4.78 is 0. The van der Waals surface area contributed by atoms with Gasteiger partial charge in [-0.3, -0.25) is 5.10 Å². The maximum Gasteiger partial charge on any atom is 0.336 e. The van der Waals surface area contributed by atoms with E-state index in [2.05, 4.69) is 10.2 Å². The number of aromatic nitrogens is 2. The highest BCUT2D eigenvalue weighted by atomic mass is 35.5. The number of aryl methyl sites for hydroxylation is 2. The number of nitrogens with zero attached hydrogens (tertiary/aromatic N) is 1. The Bertz CT molecular complexity index is 533. The number of aromatic amines is 1. The normalized spacial score (nSPS) is 9.22. The summed E-state index contributed by atoms with van der Waals surface area (Å²) in [6, 6.07) is 6.95. The molecular weight excluding hydrogens is 275 g/mol. The molecule has 1 aromatic heterocycles. The summed E-state index contributed by atoms with van der Waals surface area (Å²) in [5.41, 5.74) is 3.57. The van der Waals surface area contributed by atoms with Gasteiger partial charge in [0.15, 0.2) is 0 Å². The maximum atomic E-state index is 11.1. The third kappa shape index (κ3) is 2.83. The van der Waals surface area contributed by atoms with Crippen LogP contribution < -0.4 is 0 Å². The number of H-pyrrole nitrogens is 1. The zero-order chi connectivity index (χ0) is 11.7. The van der Waals surface area contributed by atoms with E-state index in [1.807, 2.05) is 19.9 Å². The number of aromatic carboxylic acids is 1. The number of halogens is 2. The molecule has 0 fully saturated rings. The number of carboxylic acid groups (broad SMARTS) is 1. The molecule has 0 saturated carbocycles. The Morgan fingerprint density at radius 1 is 1.22 bits per heavy atom. The highest BCUT2D eigenvalue weighted by Gasteiger charge is 2.15. The largest absolute Gasteiger partial charge is 0.478 e. The summed E-state index contributed by atoms with van der Waals surface area (Å²) in [7, 11) is 0. The van der Waals surface area contributed by atoms with Crippen LogP contribution in [0.2, 0.25) is 0 Å². The number of rotatable bonds is 2. The second-order valence-corrected chi connectivity index (χ2v) is 3.66. The van der Waals surface area contributed by atoms with Gasteiger partial charge < -0.3 is 5.11 Å². The molecule has 0 bridgehead atoms. The lowest BCUT2D eigenvalue weighted by atomic mass is 9.98. The van der Waals surface area contributed by atoms with Crippen LogP contribution in [0.1, 0.15) is 21.7 Å². The van der Waals surface area contributed by atoms with E-state index in [4.69, 9.17) is 5.11 Å². The van der Waals surface area contributed by atoms with Gasteiger partial charge in [0.1, 0.15) is 0 Å². The summed E-state index contributed by atoms with van der Waals surface area (Å²) in [6.45, 7) is 3.74. The highest BCUT2D eigenvalue weighted by molar-refractivity contribution is 5.96. The van der Waals surface area contributed by atoms with Crippen molar-refractivity contribution >= 4 is 30.8 Å². The summed E-state index contributed by atoms with van der Waals surface area (Å²) in [5, 5.41) is 16.0. The van der Waals surface area contributed by atoms with E-state index < -0.39 is 5.97 Å². The number of benzene rings is 1. The Morgan fingerprint density at radius 3 is 2.33 bits per heavy atom. The van der Waals surface area contributed by atoms with Gasteiger partial charge in [0.25, 0.3) is 0 Å². The molecule has 0 spiro atoms.